The average molecular weight is 376 g/mol. The van der Waals surface area contributed by atoms with E-state index in [0.717, 1.165) is 22.6 Å². The molecule has 1 aromatic heterocycles. The van der Waals surface area contributed by atoms with Gasteiger partial charge in [-0.3, -0.25) is 4.79 Å². The number of benzene rings is 2. The SMILES string of the molecule is Cc1cccc(CNC(=O)c2cnc(Nc3ccccc3OC(C)C)nc2)c1. The average Bonchev–Trinajstić information content (AvgIpc) is 2.68. The van der Waals surface area contributed by atoms with E-state index in [0.29, 0.717) is 18.1 Å². The second-order valence-electron chi connectivity index (χ2n) is 6.75. The van der Waals surface area contributed by atoms with Crippen molar-refractivity contribution >= 4 is 17.5 Å². The third-order valence-electron chi connectivity index (χ3n) is 3.95. The number of aryl methyl sites for hydroxylation is 1. The summed E-state index contributed by atoms with van der Waals surface area (Å²) < 4.78 is 5.78. The van der Waals surface area contributed by atoms with E-state index >= 15 is 0 Å². The van der Waals surface area contributed by atoms with Gasteiger partial charge < -0.3 is 15.4 Å². The van der Waals surface area contributed by atoms with E-state index in [1.165, 1.54) is 12.4 Å². The molecule has 2 aromatic carbocycles. The Balaban J connectivity index is 1.63. The molecule has 0 aliphatic carbocycles. The number of para-hydroxylation sites is 2. The lowest BCUT2D eigenvalue weighted by Crippen LogP contribution is -2.23. The fourth-order valence-corrected chi connectivity index (χ4v) is 2.66. The fraction of sp³-hybridized carbons (Fsp3) is 0.227. The number of hydrogen-bond acceptors (Lipinski definition) is 5. The van der Waals surface area contributed by atoms with Crippen LogP contribution in [0, 0.1) is 6.92 Å². The number of carbonyl (C=O) groups is 1. The molecule has 6 heteroatoms. The van der Waals surface area contributed by atoms with E-state index in [1.807, 2.05) is 69.3 Å². The van der Waals surface area contributed by atoms with E-state index in [2.05, 4.69) is 20.6 Å². The van der Waals surface area contributed by atoms with Gasteiger partial charge in [0.2, 0.25) is 5.95 Å². The number of hydrogen-bond donors (Lipinski definition) is 2. The van der Waals surface area contributed by atoms with Crippen LogP contribution in [0.25, 0.3) is 0 Å². The van der Waals surface area contributed by atoms with E-state index in [-0.39, 0.29) is 12.0 Å². The summed E-state index contributed by atoms with van der Waals surface area (Å²) in [5, 5.41) is 6.01. The standard InChI is InChI=1S/C22H24N4O2/c1-15(2)28-20-10-5-4-9-19(20)26-22-24-13-18(14-25-22)21(27)23-12-17-8-6-7-16(3)11-17/h4-11,13-15H,12H2,1-3H3,(H,23,27)(H,24,25,26). The van der Waals surface area contributed by atoms with Crippen LogP contribution in [0.15, 0.2) is 60.9 Å². The third kappa shape index (κ3) is 5.30. The highest BCUT2D eigenvalue weighted by atomic mass is 16.5. The first-order chi connectivity index (χ1) is 13.5. The minimum Gasteiger partial charge on any atom is -0.489 e. The maximum Gasteiger partial charge on any atom is 0.254 e. The Kier molecular flexibility index (Phi) is 6.22. The normalized spacial score (nSPS) is 10.6. The van der Waals surface area contributed by atoms with Crippen LogP contribution in [0.2, 0.25) is 0 Å². The Morgan fingerprint density at radius 2 is 1.82 bits per heavy atom. The zero-order valence-corrected chi connectivity index (χ0v) is 16.3. The van der Waals surface area contributed by atoms with E-state index in [9.17, 15) is 4.79 Å². The van der Waals surface area contributed by atoms with Crippen molar-refractivity contribution in [2.45, 2.75) is 33.4 Å². The second kappa shape index (κ2) is 8.99. The Morgan fingerprint density at radius 1 is 1.07 bits per heavy atom. The van der Waals surface area contributed by atoms with Crippen molar-refractivity contribution in [2.24, 2.45) is 0 Å². The maximum atomic E-state index is 12.3. The van der Waals surface area contributed by atoms with Gasteiger partial charge in [0.05, 0.1) is 17.4 Å². The highest BCUT2D eigenvalue weighted by Crippen LogP contribution is 2.26. The number of nitrogens with one attached hydrogen (secondary N) is 2. The van der Waals surface area contributed by atoms with Crippen molar-refractivity contribution in [3.63, 3.8) is 0 Å². The predicted molar refractivity (Wildman–Crippen MR) is 110 cm³/mol. The van der Waals surface area contributed by atoms with Gasteiger partial charge in [-0.05, 0) is 38.5 Å². The minimum atomic E-state index is -0.211. The van der Waals surface area contributed by atoms with E-state index < -0.39 is 0 Å². The number of amides is 1. The van der Waals surface area contributed by atoms with E-state index in [4.69, 9.17) is 4.74 Å². The number of nitrogens with zero attached hydrogens (tertiary/aromatic N) is 2. The predicted octanol–water partition coefficient (Wildman–Crippen LogP) is 4.25. The zero-order valence-electron chi connectivity index (χ0n) is 16.3. The van der Waals surface area contributed by atoms with Crippen LogP contribution in [0.4, 0.5) is 11.6 Å². The Hall–Kier alpha value is -3.41. The summed E-state index contributed by atoms with van der Waals surface area (Å²) in [5.74, 6) is 0.910. The lowest BCUT2D eigenvalue weighted by Gasteiger charge is -2.14. The third-order valence-corrected chi connectivity index (χ3v) is 3.95. The molecular weight excluding hydrogens is 352 g/mol. The monoisotopic (exact) mass is 376 g/mol. The topological polar surface area (TPSA) is 76.1 Å². The quantitative estimate of drug-likeness (QED) is 0.645. The number of carbonyl (C=O) groups excluding carboxylic acids is 1. The van der Waals surface area contributed by atoms with Crippen LogP contribution in [0.3, 0.4) is 0 Å². The van der Waals surface area contributed by atoms with Gasteiger partial charge >= 0.3 is 0 Å². The fourth-order valence-electron chi connectivity index (χ4n) is 2.66. The first-order valence-electron chi connectivity index (χ1n) is 9.20. The van der Waals surface area contributed by atoms with Gasteiger partial charge in [-0.25, -0.2) is 9.97 Å². The summed E-state index contributed by atoms with van der Waals surface area (Å²) in [6, 6.07) is 15.6. The molecule has 0 saturated heterocycles. The van der Waals surface area contributed by atoms with Crippen LogP contribution >= 0.6 is 0 Å². The lowest BCUT2D eigenvalue weighted by molar-refractivity contribution is 0.0950. The van der Waals surface area contributed by atoms with Gasteiger partial charge in [-0.15, -0.1) is 0 Å². The zero-order chi connectivity index (χ0) is 19.9. The lowest BCUT2D eigenvalue weighted by atomic mass is 10.1. The van der Waals surface area contributed by atoms with Crippen LogP contribution in [-0.4, -0.2) is 22.0 Å². The van der Waals surface area contributed by atoms with Gasteiger partial charge in [0.1, 0.15) is 5.75 Å². The molecule has 144 valence electrons. The number of ether oxygens (including phenoxy) is 1. The van der Waals surface area contributed by atoms with Crippen molar-refractivity contribution in [3.8, 4) is 5.75 Å². The molecule has 0 saturated carbocycles. The van der Waals surface area contributed by atoms with Crippen LogP contribution in [-0.2, 0) is 6.54 Å². The first-order valence-corrected chi connectivity index (χ1v) is 9.20. The molecule has 3 rings (SSSR count). The summed E-state index contributed by atoms with van der Waals surface area (Å²) in [7, 11) is 0. The summed E-state index contributed by atoms with van der Waals surface area (Å²) in [5.41, 5.74) is 3.39. The summed E-state index contributed by atoms with van der Waals surface area (Å²) in [4.78, 5) is 20.8. The van der Waals surface area contributed by atoms with E-state index in [1.54, 1.807) is 0 Å². The van der Waals surface area contributed by atoms with Crippen LogP contribution in [0.5, 0.6) is 5.75 Å². The highest BCUT2D eigenvalue weighted by Gasteiger charge is 2.09. The largest absolute Gasteiger partial charge is 0.489 e. The molecule has 0 spiro atoms. The first kappa shape index (κ1) is 19.4. The molecule has 3 aromatic rings. The number of aromatic nitrogens is 2. The van der Waals surface area contributed by atoms with Crippen molar-refractivity contribution < 1.29 is 9.53 Å². The molecule has 0 radical (unpaired) electrons. The number of rotatable bonds is 7. The van der Waals surface area contributed by atoms with Gasteiger partial charge in [-0.1, -0.05) is 42.0 Å². The van der Waals surface area contributed by atoms with Gasteiger partial charge in [0.15, 0.2) is 0 Å². The van der Waals surface area contributed by atoms with Crippen molar-refractivity contribution in [1.82, 2.24) is 15.3 Å². The van der Waals surface area contributed by atoms with Crippen molar-refractivity contribution in [1.29, 1.82) is 0 Å². The summed E-state index contributed by atoms with van der Waals surface area (Å²) in [6.45, 7) is 6.42. The Labute approximate surface area is 165 Å². The molecule has 0 aliphatic heterocycles. The molecule has 2 N–H and O–H groups in total. The molecule has 0 aliphatic rings. The molecule has 1 heterocycles. The van der Waals surface area contributed by atoms with Crippen molar-refractivity contribution in [2.75, 3.05) is 5.32 Å². The molecule has 1 amide bonds. The summed E-state index contributed by atoms with van der Waals surface area (Å²) >= 11 is 0. The maximum absolute atomic E-state index is 12.3. The summed E-state index contributed by atoms with van der Waals surface area (Å²) in [6.07, 6.45) is 3.07. The van der Waals surface area contributed by atoms with Gasteiger partial charge in [0.25, 0.3) is 5.91 Å². The molecule has 0 bridgehead atoms. The Morgan fingerprint density at radius 3 is 2.54 bits per heavy atom. The van der Waals surface area contributed by atoms with Gasteiger partial charge in [0, 0.05) is 18.9 Å². The molecule has 28 heavy (non-hydrogen) atoms. The molecule has 6 nitrogen and oxygen atoms in total. The molecule has 0 fully saturated rings. The number of anilines is 2. The second-order valence-corrected chi connectivity index (χ2v) is 6.75. The van der Waals surface area contributed by atoms with Gasteiger partial charge in [-0.2, -0.15) is 0 Å². The smallest absolute Gasteiger partial charge is 0.254 e. The van der Waals surface area contributed by atoms with Crippen molar-refractivity contribution in [3.05, 3.63) is 77.6 Å². The molecular formula is C22H24N4O2. The molecule has 0 atom stereocenters. The van der Waals surface area contributed by atoms with Crippen LogP contribution < -0.4 is 15.4 Å². The Bertz CT molecular complexity index is 939. The molecule has 0 unspecified atom stereocenters. The minimum absolute atomic E-state index is 0.0587. The highest BCUT2D eigenvalue weighted by molar-refractivity contribution is 5.93. The van der Waals surface area contributed by atoms with Crippen LogP contribution in [0.1, 0.15) is 35.3 Å².